The van der Waals surface area contributed by atoms with E-state index in [4.69, 9.17) is 0 Å². The zero-order chi connectivity index (χ0) is 10.5. The van der Waals surface area contributed by atoms with Gasteiger partial charge < -0.3 is 2.85 Å². The van der Waals surface area contributed by atoms with Crippen molar-refractivity contribution in [1.82, 2.24) is 0 Å². The Morgan fingerprint density at radius 1 is 0.933 bits per heavy atom. The Morgan fingerprint density at radius 3 is 1.40 bits per heavy atom. The van der Waals surface area contributed by atoms with E-state index in [0.29, 0.717) is 0 Å². The second kappa shape index (κ2) is 9.38. The SMILES string of the molecule is C=CCS(=O)(=O)OS(=O)(=O)CC=C.[H-].[H-].[Na+].[Na+]. The summed E-state index contributed by atoms with van der Waals surface area (Å²) in [7, 11) is -8.13. The third kappa shape index (κ3) is 11.6. The molecular weight excluding hydrogens is 262 g/mol. The van der Waals surface area contributed by atoms with E-state index in [-0.39, 0.29) is 62.0 Å². The van der Waals surface area contributed by atoms with Crippen LogP contribution in [0.2, 0.25) is 0 Å². The zero-order valence-electron chi connectivity index (χ0n) is 10.8. The molecule has 0 rings (SSSR count). The maximum Gasteiger partial charge on any atom is 1.00 e. The molecule has 9 heteroatoms. The molecule has 0 unspecified atom stereocenters. The molecule has 0 amide bonds. The topological polar surface area (TPSA) is 77.5 Å². The smallest absolute Gasteiger partial charge is 1.00 e. The van der Waals surface area contributed by atoms with Crippen LogP contribution in [0.5, 0.6) is 0 Å². The number of rotatable bonds is 6. The first-order chi connectivity index (χ1) is 5.83. The van der Waals surface area contributed by atoms with Gasteiger partial charge in [-0.3, -0.25) is 0 Å². The van der Waals surface area contributed by atoms with Crippen molar-refractivity contribution in [2.45, 2.75) is 0 Å². The monoisotopic (exact) mass is 274 g/mol. The van der Waals surface area contributed by atoms with Crippen LogP contribution >= 0.6 is 0 Å². The molecular formula is C6H12Na2O5S2. The van der Waals surface area contributed by atoms with Gasteiger partial charge in [-0.2, -0.15) is 16.8 Å². The Labute approximate surface area is 138 Å². The van der Waals surface area contributed by atoms with E-state index >= 15 is 0 Å². The van der Waals surface area contributed by atoms with Gasteiger partial charge in [-0.15, -0.1) is 16.8 Å². The van der Waals surface area contributed by atoms with Crippen molar-refractivity contribution in [1.29, 1.82) is 0 Å². The zero-order valence-corrected chi connectivity index (χ0v) is 14.5. The fraction of sp³-hybridized carbons (Fsp3) is 0.333. The molecule has 0 fully saturated rings. The number of hydrogen-bond donors (Lipinski definition) is 0. The summed E-state index contributed by atoms with van der Waals surface area (Å²) in [6.07, 6.45) is 2.08. The number of hydrogen-bond acceptors (Lipinski definition) is 5. The van der Waals surface area contributed by atoms with Crippen molar-refractivity contribution in [3.8, 4) is 0 Å². The maximum atomic E-state index is 10.8. The Morgan fingerprint density at radius 2 is 1.20 bits per heavy atom. The van der Waals surface area contributed by atoms with Gasteiger partial charge >= 0.3 is 59.1 Å². The molecule has 0 saturated heterocycles. The minimum atomic E-state index is -4.07. The van der Waals surface area contributed by atoms with Gasteiger partial charge in [0, 0.05) is 0 Å². The Bertz CT molecular complexity index is 355. The Kier molecular flexibility index (Phi) is 13.5. The molecule has 0 spiro atoms. The molecule has 0 aliphatic rings. The van der Waals surface area contributed by atoms with Gasteiger partial charge in [0.2, 0.25) is 0 Å². The molecule has 80 valence electrons. The van der Waals surface area contributed by atoms with E-state index in [1.54, 1.807) is 0 Å². The molecule has 0 radical (unpaired) electrons. The normalized spacial score (nSPS) is 10.7. The summed E-state index contributed by atoms with van der Waals surface area (Å²) in [5.41, 5.74) is 0. The van der Waals surface area contributed by atoms with Crippen molar-refractivity contribution in [2.24, 2.45) is 0 Å². The Balaban J connectivity index is -0.000000120. The van der Waals surface area contributed by atoms with E-state index in [1.165, 1.54) is 0 Å². The van der Waals surface area contributed by atoms with Crippen LogP contribution in [0.4, 0.5) is 0 Å². The standard InChI is InChI=1S/C6H10O5S2.2Na.2H/c1-3-5-12(7,8)11-13(9,10)6-4-2;;;;/h3-4H,1-2,5-6H2;;;;/q;2*+1;2*-1. The van der Waals surface area contributed by atoms with Gasteiger partial charge in [-0.25, -0.2) is 0 Å². The van der Waals surface area contributed by atoms with Crippen molar-refractivity contribution in [3.63, 3.8) is 0 Å². The molecule has 0 heterocycles. The summed E-state index contributed by atoms with van der Waals surface area (Å²) in [5.74, 6) is -1.08. The largest absolute Gasteiger partial charge is 1.00 e. The molecule has 0 aliphatic heterocycles. The molecule has 15 heavy (non-hydrogen) atoms. The van der Waals surface area contributed by atoms with Gasteiger partial charge in [0.1, 0.15) is 0 Å². The van der Waals surface area contributed by atoms with Crippen LogP contribution in [0.25, 0.3) is 0 Å². The summed E-state index contributed by atoms with van der Waals surface area (Å²) in [5, 5.41) is 0. The summed E-state index contributed by atoms with van der Waals surface area (Å²) in [6.45, 7) is 6.30. The van der Waals surface area contributed by atoms with Gasteiger partial charge in [0.05, 0.1) is 11.5 Å². The van der Waals surface area contributed by atoms with Crippen LogP contribution in [-0.2, 0) is 23.9 Å². The van der Waals surface area contributed by atoms with E-state index in [1.807, 2.05) is 0 Å². The molecule has 0 atom stereocenters. The van der Waals surface area contributed by atoms with Crippen molar-refractivity contribution in [2.75, 3.05) is 11.5 Å². The Hall–Kier alpha value is 1.34. The molecule has 0 aliphatic carbocycles. The van der Waals surface area contributed by atoms with E-state index in [2.05, 4.69) is 16.8 Å². The molecule has 0 N–H and O–H groups in total. The van der Waals surface area contributed by atoms with Crippen LogP contribution in [-0.4, -0.2) is 28.3 Å². The first-order valence-corrected chi connectivity index (χ1v) is 6.37. The fourth-order valence-electron chi connectivity index (χ4n) is 0.502. The molecule has 0 aromatic carbocycles. The van der Waals surface area contributed by atoms with Crippen LogP contribution in [0.1, 0.15) is 2.85 Å². The van der Waals surface area contributed by atoms with Crippen LogP contribution in [0.3, 0.4) is 0 Å². The van der Waals surface area contributed by atoms with Crippen molar-refractivity contribution >= 4 is 20.2 Å². The van der Waals surface area contributed by atoms with Gasteiger partial charge in [0.25, 0.3) is 20.2 Å². The maximum absolute atomic E-state index is 10.8. The van der Waals surface area contributed by atoms with E-state index in [9.17, 15) is 16.8 Å². The molecule has 0 saturated carbocycles. The first-order valence-electron chi connectivity index (χ1n) is 3.21. The minimum absolute atomic E-state index is 0. The summed E-state index contributed by atoms with van der Waals surface area (Å²) >= 11 is 0. The van der Waals surface area contributed by atoms with E-state index < -0.39 is 31.7 Å². The third-order valence-electron chi connectivity index (χ3n) is 0.851. The van der Waals surface area contributed by atoms with Gasteiger partial charge in [0.15, 0.2) is 0 Å². The van der Waals surface area contributed by atoms with Crippen LogP contribution in [0.15, 0.2) is 25.3 Å². The predicted molar refractivity (Wildman–Crippen MR) is 51.3 cm³/mol. The molecule has 0 aromatic rings. The van der Waals surface area contributed by atoms with E-state index in [0.717, 1.165) is 12.2 Å². The molecule has 0 bridgehead atoms. The van der Waals surface area contributed by atoms with Gasteiger partial charge in [-0.1, -0.05) is 12.2 Å². The third-order valence-corrected chi connectivity index (χ3v) is 3.80. The fourth-order valence-corrected chi connectivity index (χ4v) is 2.79. The van der Waals surface area contributed by atoms with Crippen molar-refractivity contribution in [3.05, 3.63) is 25.3 Å². The minimum Gasteiger partial charge on any atom is -1.00 e. The second-order valence-electron chi connectivity index (χ2n) is 2.09. The predicted octanol–water partition coefficient (Wildman–Crippen LogP) is -5.73. The summed E-state index contributed by atoms with van der Waals surface area (Å²) < 4.78 is 47.2. The quantitative estimate of drug-likeness (QED) is 0.356. The first kappa shape index (κ1) is 21.6. The molecule has 0 aromatic heterocycles. The van der Waals surface area contributed by atoms with Crippen LogP contribution in [0, 0.1) is 0 Å². The van der Waals surface area contributed by atoms with Gasteiger partial charge in [-0.05, 0) is 0 Å². The average Bonchev–Trinajstić information content (AvgIpc) is 1.82. The molecule has 5 nitrogen and oxygen atoms in total. The second-order valence-corrected chi connectivity index (χ2v) is 5.54. The average molecular weight is 274 g/mol. The van der Waals surface area contributed by atoms with Crippen molar-refractivity contribution < 1.29 is 82.4 Å². The summed E-state index contributed by atoms with van der Waals surface area (Å²) in [6, 6.07) is 0. The summed E-state index contributed by atoms with van der Waals surface area (Å²) in [4.78, 5) is 0. The van der Waals surface area contributed by atoms with Crippen LogP contribution < -0.4 is 59.1 Å².